The Morgan fingerprint density at radius 2 is 1.97 bits per heavy atom. The van der Waals surface area contributed by atoms with Crippen molar-refractivity contribution < 1.29 is 18.7 Å². The Labute approximate surface area is 176 Å². The number of nitrogens with zero attached hydrogens (tertiary/aromatic N) is 2. The highest BCUT2D eigenvalue weighted by atomic mass is 32.2. The van der Waals surface area contributed by atoms with Crippen LogP contribution >= 0.6 is 11.8 Å². The van der Waals surface area contributed by atoms with Crippen molar-refractivity contribution >= 4 is 34.3 Å². The van der Waals surface area contributed by atoms with Gasteiger partial charge in [-0.15, -0.1) is 10.2 Å². The molecule has 8 nitrogen and oxygen atoms in total. The van der Waals surface area contributed by atoms with E-state index >= 15 is 0 Å². The van der Waals surface area contributed by atoms with E-state index in [0.717, 1.165) is 22.9 Å². The number of hydrogen-bond acceptors (Lipinski definition) is 7. The molecule has 5 rings (SSSR count). The van der Waals surface area contributed by atoms with Gasteiger partial charge >= 0.3 is 0 Å². The van der Waals surface area contributed by atoms with E-state index in [1.54, 1.807) is 18.2 Å². The molecule has 152 valence electrons. The summed E-state index contributed by atoms with van der Waals surface area (Å²) >= 11 is 1.18. The number of carbonyl (C=O) groups is 1. The largest absolute Gasteiger partial charge is 0.490 e. The summed E-state index contributed by atoms with van der Waals surface area (Å²) in [6, 6.07) is 13.2. The molecule has 0 atom stereocenters. The number of nitrogens with one attached hydrogen (secondary N) is 2. The van der Waals surface area contributed by atoms with Crippen LogP contribution in [0.5, 0.6) is 11.5 Å². The first-order chi connectivity index (χ1) is 14.8. The predicted octanol–water partition coefficient (Wildman–Crippen LogP) is 4.11. The first kappa shape index (κ1) is 18.6. The minimum atomic E-state index is -0.179. The zero-order valence-corrected chi connectivity index (χ0v) is 16.7. The van der Waals surface area contributed by atoms with Gasteiger partial charge in [-0.05, 0) is 18.2 Å². The third-order valence-corrected chi connectivity index (χ3v) is 5.40. The lowest BCUT2D eigenvalue weighted by Gasteiger charge is -2.10. The topological polar surface area (TPSA) is 102 Å². The van der Waals surface area contributed by atoms with E-state index < -0.39 is 0 Å². The molecule has 4 aromatic rings. The van der Waals surface area contributed by atoms with E-state index in [1.807, 2.05) is 30.5 Å². The molecule has 1 aliphatic rings. The normalized spacial score (nSPS) is 13.2. The van der Waals surface area contributed by atoms with Crippen LogP contribution in [0.2, 0.25) is 0 Å². The number of carbonyl (C=O) groups excluding carboxylic acids is 1. The van der Waals surface area contributed by atoms with Crippen molar-refractivity contribution in [1.29, 1.82) is 0 Å². The number of ether oxygens (including phenoxy) is 2. The third kappa shape index (κ3) is 3.84. The number of fused-ring (bicyclic) bond motifs is 2. The van der Waals surface area contributed by atoms with Crippen LogP contribution < -0.4 is 14.8 Å². The predicted molar refractivity (Wildman–Crippen MR) is 113 cm³/mol. The molecule has 1 amide bonds. The maximum Gasteiger partial charge on any atom is 0.277 e. The molecule has 3 heterocycles. The summed E-state index contributed by atoms with van der Waals surface area (Å²) in [5.74, 6) is 1.71. The Hall–Kier alpha value is -3.46. The Kier molecular flexibility index (Phi) is 5.02. The van der Waals surface area contributed by atoms with Crippen LogP contribution in [0.3, 0.4) is 0 Å². The molecule has 0 unspecified atom stereocenters. The fourth-order valence-electron chi connectivity index (χ4n) is 3.19. The van der Waals surface area contributed by atoms with E-state index in [1.165, 1.54) is 11.8 Å². The zero-order valence-electron chi connectivity index (χ0n) is 15.9. The Bertz CT molecular complexity index is 1200. The van der Waals surface area contributed by atoms with Gasteiger partial charge in [0.15, 0.2) is 11.5 Å². The maximum atomic E-state index is 12.3. The smallest absolute Gasteiger partial charge is 0.277 e. The highest BCUT2D eigenvalue weighted by Crippen LogP contribution is 2.33. The van der Waals surface area contributed by atoms with Gasteiger partial charge in [-0.25, -0.2) is 0 Å². The molecule has 0 saturated heterocycles. The van der Waals surface area contributed by atoms with Gasteiger partial charge in [0.25, 0.3) is 11.1 Å². The van der Waals surface area contributed by atoms with Crippen molar-refractivity contribution in [2.45, 2.75) is 11.6 Å². The molecular weight excluding hydrogens is 404 g/mol. The van der Waals surface area contributed by atoms with Crippen molar-refractivity contribution in [2.75, 3.05) is 24.3 Å². The van der Waals surface area contributed by atoms with Crippen LogP contribution in [-0.4, -0.2) is 40.1 Å². The summed E-state index contributed by atoms with van der Waals surface area (Å²) in [5.41, 5.74) is 2.48. The summed E-state index contributed by atoms with van der Waals surface area (Å²) in [6.07, 6.45) is 2.67. The van der Waals surface area contributed by atoms with Gasteiger partial charge in [-0.1, -0.05) is 30.0 Å². The van der Waals surface area contributed by atoms with Crippen molar-refractivity contribution in [3.8, 4) is 23.0 Å². The Morgan fingerprint density at radius 3 is 2.90 bits per heavy atom. The quantitative estimate of drug-likeness (QED) is 0.467. The molecule has 2 N–H and O–H groups in total. The number of benzene rings is 2. The average molecular weight is 422 g/mol. The van der Waals surface area contributed by atoms with Gasteiger partial charge in [-0.3, -0.25) is 4.79 Å². The van der Waals surface area contributed by atoms with Crippen molar-refractivity contribution in [3.05, 3.63) is 48.7 Å². The molecule has 0 fully saturated rings. The van der Waals surface area contributed by atoms with E-state index in [4.69, 9.17) is 13.9 Å². The number of hydrogen-bond donors (Lipinski definition) is 2. The van der Waals surface area contributed by atoms with Crippen LogP contribution in [0.15, 0.2) is 58.3 Å². The molecule has 0 saturated carbocycles. The maximum absolute atomic E-state index is 12.3. The summed E-state index contributed by atoms with van der Waals surface area (Å²) in [5, 5.41) is 12.3. The lowest BCUT2D eigenvalue weighted by molar-refractivity contribution is -0.113. The van der Waals surface area contributed by atoms with Crippen LogP contribution in [0.4, 0.5) is 5.69 Å². The number of para-hydroxylation sites is 1. The molecule has 0 aliphatic carbocycles. The number of amides is 1. The van der Waals surface area contributed by atoms with Crippen LogP contribution in [0.1, 0.15) is 6.42 Å². The fourth-order valence-corrected chi connectivity index (χ4v) is 3.75. The average Bonchev–Trinajstić information content (AvgIpc) is 3.33. The molecule has 0 bridgehead atoms. The number of H-pyrrole nitrogens is 1. The van der Waals surface area contributed by atoms with Crippen molar-refractivity contribution in [1.82, 2.24) is 15.2 Å². The standard InChI is InChI=1S/C21H18N4O4S/c26-19(23-13-6-7-17-18(10-13)28-9-3-8-27-17)12-30-21-25-24-20(29-21)15-11-22-16-5-2-1-4-14(15)16/h1-2,4-7,10-11,22H,3,8-9,12H2,(H,23,26). The highest BCUT2D eigenvalue weighted by Gasteiger charge is 2.15. The SMILES string of the molecule is O=C(CSc1nnc(-c2c[nH]c3ccccc23)o1)Nc1ccc2c(c1)OCCCO2. The lowest BCUT2D eigenvalue weighted by atomic mass is 10.2. The number of aromatic nitrogens is 3. The van der Waals surface area contributed by atoms with Gasteiger partial charge in [0, 0.05) is 35.3 Å². The fraction of sp³-hybridized carbons (Fsp3) is 0.190. The Balaban J connectivity index is 1.22. The first-order valence-corrected chi connectivity index (χ1v) is 10.5. The highest BCUT2D eigenvalue weighted by molar-refractivity contribution is 7.99. The van der Waals surface area contributed by atoms with Gasteiger partial charge < -0.3 is 24.2 Å². The summed E-state index contributed by atoms with van der Waals surface area (Å²) in [4.78, 5) is 15.5. The van der Waals surface area contributed by atoms with E-state index in [2.05, 4.69) is 20.5 Å². The molecule has 30 heavy (non-hydrogen) atoms. The van der Waals surface area contributed by atoms with E-state index in [9.17, 15) is 4.79 Å². The first-order valence-electron chi connectivity index (χ1n) is 9.48. The molecule has 0 radical (unpaired) electrons. The van der Waals surface area contributed by atoms with Gasteiger partial charge in [0.2, 0.25) is 5.91 Å². The monoisotopic (exact) mass is 422 g/mol. The summed E-state index contributed by atoms with van der Waals surface area (Å²) in [7, 11) is 0. The third-order valence-electron chi connectivity index (χ3n) is 4.58. The Morgan fingerprint density at radius 1 is 1.10 bits per heavy atom. The summed E-state index contributed by atoms with van der Waals surface area (Å²) < 4.78 is 17.0. The van der Waals surface area contributed by atoms with Crippen LogP contribution in [-0.2, 0) is 4.79 Å². The zero-order chi connectivity index (χ0) is 20.3. The number of rotatable bonds is 5. The molecule has 2 aromatic heterocycles. The number of aromatic amines is 1. The van der Waals surface area contributed by atoms with Gasteiger partial charge in [-0.2, -0.15) is 0 Å². The van der Waals surface area contributed by atoms with Crippen LogP contribution in [0, 0.1) is 0 Å². The second kappa shape index (κ2) is 8.11. The molecule has 1 aliphatic heterocycles. The summed E-state index contributed by atoms with van der Waals surface area (Å²) in [6.45, 7) is 1.22. The van der Waals surface area contributed by atoms with Gasteiger partial charge in [0.1, 0.15) is 0 Å². The minimum Gasteiger partial charge on any atom is -0.490 e. The minimum absolute atomic E-state index is 0.143. The molecule has 2 aromatic carbocycles. The molecule has 9 heteroatoms. The lowest BCUT2D eigenvalue weighted by Crippen LogP contribution is -2.14. The second-order valence-corrected chi connectivity index (χ2v) is 7.60. The van der Waals surface area contributed by atoms with Gasteiger partial charge in [0.05, 0.1) is 24.5 Å². The number of thioether (sulfide) groups is 1. The van der Waals surface area contributed by atoms with Crippen LogP contribution in [0.25, 0.3) is 22.4 Å². The molecule has 0 spiro atoms. The van der Waals surface area contributed by atoms with E-state index in [-0.39, 0.29) is 11.7 Å². The second-order valence-electron chi connectivity index (χ2n) is 6.67. The van der Waals surface area contributed by atoms with Crippen molar-refractivity contribution in [2.24, 2.45) is 0 Å². The number of anilines is 1. The van der Waals surface area contributed by atoms with Crippen molar-refractivity contribution in [3.63, 3.8) is 0 Å². The van der Waals surface area contributed by atoms with E-state index in [0.29, 0.717) is 41.5 Å². The molecular formula is C21H18N4O4S.